The van der Waals surface area contributed by atoms with Gasteiger partial charge in [-0.05, 0) is 112 Å². The van der Waals surface area contributed by atoms with E-state index in [-0.39, 0.29) is 23.4 Å². The Balaban J connectivity index is 0.000000764. The highest BCUT2D eigenvalue weighted by Crippen LogP contribution is 2.66. The summed E-state index contributed by atoms with van der Waals surface area (Å²) in [5.41, 5.74) is 0.373. The summed E-state index contributed by atoms with van der Waals surface area (Å²) in [5.74, 6) is 0.539. The van der Waals surface area contributed by atoms with E-state index in [1.807, 2.05) is 20.3 Å². The molecule has 1 aromatic heterocycles. The summed E-state index contributed by atoms with van der Waals surface area (Å²) in [4.78, 5) is 0. The van der Waals surface area contributed by atoms with Gasteiger partial charge in [0, 0.05) is 11.3 Å². The van der Waals surface area contributed by atoms with Gasteiger partial charge in [0.05, 0.1) is 17.8 Å². The first-order valence-corrected chi connectivity index (χ1v) is 13.1. The summed E-state index contributed by atoms with van der Waals surface area (Å²) in [6.45, 7) is 2.25. The molecule has 0 bridgehead atoms. The summed E-state index contributed by atoms with van der Waals surface area (Å²) in [7, 11) is 3.75. The molecule has 34 heavy (non-hydrogen) atoms. The van der Waals surface area contributed by atoms with Crippen LogP contribution in [0.2, 0.25) is 0 Å². The maximum atomic E-state index is 16.7. The summed E-state index contributed by atoms with van der Waals surface area (Å²) < 4.78 is 16.7. The fourth-order valence-electron chi connectivity index (χ4n) is 7.92. The van der Waals surface area contributed by atoms with Gasteiger partial charge in [0.25, 0.3) is 0 Å². The fourth-order valence-corrected chi connectivity index (χ4v) is 7.92. The van der Waals surface area contributed by atoms with Gasteiger partial charge in [-0.15, -0.1) is 0 Å². The second kappa shape index (κ2) is 8.72. The van der Waals surface area contributed by atoms with Crippen LogP contribution in [-0.2, 0) is 0 Å². The van der Waals surface area contributed by atoms with E-state index in [9.17, 15) is 10.2 Å². The average Bonchev–Trinajstić information content (AvgIpc) is 3.38. The highest BCUT2D eigenvalue weighted by Gasteiger charge is 2.66. The number of alkyl halides is 1. The van der Waals surface area contributed by atoms with Crippen molar-refractivity contribution >= 4 is 16.5 Å². The Bertz CT molecular complexity index is 1070. The number of halogens is 1. The number of nitrogens with one attached hydrogen (secondary N) is 2. The Kier molecular flexibility index (Phi) is 6.14. The largest absolute Gasteiger partial charge is 0.393 e. The molecule has 0 spiro atoms. The molecule has 0 aliphatic heterocycles. The standard InChI is InChI=1S/C26H33FN2O2.C2H7N/c1-24-10-11-25(27)14-18-13-20(30)4-2-16(18)8-9-26(25,31)23(24)7-5-21(24)17-3-6-22-19(12-17)15-28-29-22;1-3-2/h3,5-6,12,15-16,18,20,23,30-31H,2,4,7-11,13-14H2,1H3,(H,28,29);3H,1-2H3/t16?,18?,20?,23?,24?,25?,26-;/m0./s1. The van der Waals surface area contributed by atoms with E-state index in [1.165, 1.54) is 11.1 Å². The van der Waals surface area contributed by atoms with Crippen molar-refractivity contribution in [2.24, 2.45) is 23.2 Å². The van der Waals surface area contributed by atoms with Crippen LogP contribution in [-0.4, -0.2) is 51.9 Å². The van der Waals surface area contributed by atoms with Crippen molar-refractivity contribution in [1.82, 2.24) is 15.5 Å². The minimum absolute atomic E-state index is 0.0983. The van der Waals surface area contributed by atoms with Crippen LogP contribution in [0.4, 0.5) is 4.39 Å². The smallest absolute Gasteiger partial charge is 0.140 e. The van der Waals surface area contributed by atoms with Crippen LogP contribution >= 0.6 is 0 Å². The van der Waals surface area contributed by atoms with Gasteiger partial charge in [-0.1, -0.05) is 19.1 Å². The van der Waals surface area contributed by atoms with Gasteiger partial charge in [0.15, 0.2) is 0 Å². The Morgan fingerprint density at radius 1 is 1.12 bits per heavy atom. The van der Waals surface area contributed by atoms with Crippen molar-refractivity contribution in [2.75, 3.05) is 14.1 Å². The molecule has 7 atom stereocenters. The van der Waals surface area contributed by atoms with Crippen LogP contribution in [0.3, 0.4) is 0 Å². The monoisotopic (exact) mass is 469 g/mol. The van der Waals surface area contributed by atoms with Gasteiger partial charge >= 0.3 is 0 Å². The van der Waals surface area contributed by atoms with E-state index in [2.05, 4.69) is 46.7 Å². The van der Waals surface area contributed by atoms with Crippen LogP contribution in [0.5, 0.6) is 0 Å². The molecule has 0 radical (unpaired) electrons. The van der Waals surface area contributed by atoms with Crippen molar-refractivity contribution in [2.45, 2.75) is 82.1 Å². The van der Waals surface area contributed by atoms with E-state index in [0.717, 1.165) is 43.0 Å². The molecule has 186 valence electrons. The lowest BCUT2D eigenvalue weighted by Gasteiger charge is -2.56. The van der Waals surface area contributed by atoms with Crippen molar-refractivity contribution in [3.63, 3.8) is 0 Å². The third-order valence-corrected chi connectivity index (χ3v) is 9.68. The van der Waals surface area contributed by atoms with Crippen LogP contribution in [0, 0.1) is 23.2 Å². The first kappa shape index (κ1) is 24.0. The summed E-state index contributed by atoms with van der Waals surface area (Å²) in [5, 5.41) is 33.3. The summed E-state index contributed by atoms with van der Waals surface area (Å²) >= 11 is 0. The Morgan fingerprint density at radius 3 is 2.71 bits per heavy atom. The van der Waals surface area contributed by atoms with Crippen LogP contribution in [0.1, 0.15) is 70.3 Å². The number of allylic oxidation sites excluding steroid dienone is 2. The van der Waals surface area contributed by atoms with Crippen molar-refractivity contribution in [3.8, 4) is 0 Å². The van der Waals surface area contributed by atoms with Gasteiger partial charge in [-0.25, -0.2) is 4.39 Å². The molecule has 4 N–H and O–H groups in total. The Labute approximate surface area is 202 Å². The molecule has 3 saturated carbocycles. The van der Waals surface area contributed by atoms with Crippen molar-refractivity contribution in [1.29, 1.82) is 0 Å². The highest BCUT2D eigenvalue weighted by atomic mass is 19.1. The number of rotatable bonds is 1. The number of hydrogen-bond acceptors (Lipinski definition) is 4. The molecule has 6 unspecified atom stereocenters. The first-order chi connectivity index (χ1) is 16.2. The number of aromatic amines is 1. The van der Waals surface area contributed by atoms with E-state index in [0.29, 0.717) is 31.6 Å². The number of hydrogen-bond donors (Lipinski definition) is 4. The number of nitrogens with zero attached hydrogens (tertiary/aromatic N) is 1. The molecule has 5 nitrogen and oxygen atoms in total. The van der Waals surface area contributed by atoms with E-state index < -0.39 is 11.3 Å². The first-order valence-electron chi connectivity index (χ1n) is 13.1. The maximum absolute atomic E-state index is 16.7. The topological polar surface area (TPSA) is 81.2 Å². The molecule has 0 amide bonds. The average molecular weight is 470 g/mol. The molecule has 4 aliphatic rings. The van der Waals surface area contributed by atoms with Crippen LogP contribution < -0.4 is 5.32 Å². The number of fused-ring (bicyclic) bond motifs is 5. The molecule has 4 aliphatic carbocycles. The zero-order valence-electron chi connectivity index (χ0n) is 20.8. The molecular weight excluding hydrogens is 429 g/mol. The van der Waals surface area contributed by atoms with E-state index in [4.69, 9.17) is 0 Å². The fraction of sp³-hybridized carbons (Fsp3) is 0.679. The van der Waals surface area contributed by atoms with Gasteiger partial charge in [0.2, 0.25) is 0 Å². The second-order valence-electron chi connectivity index (χ2n) is 11.6. The zero-order chi connectivity index (χ0) is 24.1. The number of aliphatic hydroxyl groups is 2. The highest BCUT2D eigenvalue weighted by molar-refractivity contribution is 5.84. The zero-order valence-corrected chi connectivity index (χ0v) is 20.8. The second-order valence-corrected chi connectivity index (χ2v) is 11.6. The summed E-state index contributed by atoms with van der Waals surface area (Å²) in [6.07, 6.45) is 10.0. The van der Waals surface area contributed by atoms with Gasteiger partial charge < -0.3 is 15.5 Å². The maximum Gasteiger partial charge on any atom is 0.140 e. The van der Waals surface area contributed by atoms with E-state index in [1.54, 1.807) is 0 Å². The molecule has 1 heterocycles. The Hall–Kier alpha value is -1.76. The predicted molar refractivity (Wildman–Crippen MR) is 134 cm³/mol. The molecular formula is C28H40FN3O2. The van der Waals surface area contributed by atoms with Crippen LogP contribution in [0.25, 0.3) is 16.5 Å². The number of aliphatic hydroxyl groups excluding tert-OH is 1. The van der Waals surface area contributed by atoms with Crippen LogP contribution in [0.15, 0.2) is 30.5 Å². The lowest BCUT2D eigenvalue weighted by atomic mass is 9.53. The summed E-state index contributed by atoms with van der Waals surface area (Å²) in [6, 6.07) is 6.36. The number of benzene rings is 1. The van der Waals surface area contributed by atoms with Crippen molar-refractivity contribution in [3.05, 3.63) is 36.0 Å². The molecule has 6 rings (SSSR count). The molecule has 1 aromatic carbocycles. The van der Waals surface area contributed by atoms with Crippen molar-refractivity contribution < 1.29 is 14.6 Å². The third-order valence-electron chi connectivity index (χ3n) is 9.68. The Morgan fingerprint density at radius 2 is 1.91 bits per heavy atom. The van der Waals surface area contributed by atoms with Gasteiger partial charge in [-0.2, -0.15) is 5.10 Å². The molecule has 3 fully saturated rings. The normalized spacial score (nSPS) is 41.4. The van der Waals surface area contributed by atoms with Gasteiger partial charge in [-0.3, -0.25) is 5.10 Å². The molecule has 2 aromatic rings. The minimum Gasteiger partial charge on any atom is -0.393 e. The van der Waals surface area contributed by atoms with E-state index >= 15 is 4.39 Å². The quantitative estimate of drug-likeness (QED) is 0.474. The minimum atomic E-state index is -1.55. The molecule has 6 heteroatoms. The predicted octanol–water partition coefficient (Wildman–Crippen LogP) is 5.00. The third kappa shape index (κ3) is 3.64. The number of aromatic nitrogens is 2. The lowest BCUT2D eigenvalue weighted by Crippen LogP contribution is -2.62. The number of H-pyrrole nitrogens is 1. The SMILES string of the molecule is CC12CCC3(F)CC4CC(O)CCC4CC[C@]3(O)C1CC=C2c1ccc2[nH]ncc2c1.CNC. The lowest BCUT2D eigenvalue weighted by molar-refractivity contribution is -0.195. The molecule has 0 saturated heterocycles. The van der Waals surface area contributed by atoms with Gasteiger partial charge in [0.1, 0.15) is 11.3 Å².